The van der Waals surface area contributed by atoms with Crippen LogP contribution in [0.3, 0.4) is 0 Å². The van der Waals surface area contributed by atoms with E-state index in [0.29, 0.717) is 0 Å². The van der Waals surface area contributed by atoms with E-state index < -0.39 is 30.3 Å². The lowest BCUT2D eigenvalue weighted by Gasteiger charge is -2.40. The van der Waals surface area contributed by atoms with Crippen LogP contribution in [-0.2, 0) is 4.79 Å². The minimum absolute atomic E-state index is 0.152. The number of amides is 1. The Bertz CT molecular complexity index is 235. The molecule has 0 aromatic rings. The molecule has 0 radical (unpaired) electrons. The van der Waals surface area contributed by atoms with Crippen molar-refractivity contribution >= 4 is 5.91 Å². The molecule has 0 aromatic carbocycles. The van der Waals surface area contributed by atoms with Crippen molar-refractivity contribution in [1.82, 2.24) is 5.32 Å². The number of nitrogens with one attached hydrogen (secondary N) is 1. The first-order valence-electron chi connectivity index (χ1n) is 4.89. The number of carbonyl (C=O) groups is 1. The lowest BCUT2D eigenvalue weighted by atomic mass is 9.80. The molecule has 1 amide bonds. The Morgan fingerprint density at radius 3 is 2.40 bits per heavy atom. The molecule has 5 atom stereocenters. The van der Waals surface area contributed by atoms with Crippen LogP contribution in [0.1, 0.15) is 13.3 Å². The summed E-state index contributed by atoms with van der Waals surface area (Å²) in [5, 5.41) is 40.1. The molecular formula is C9H17NO5. The Hall–Kier alpha value is -0.690. The van der Waals surface area contributed by atoms with Gasteiger partial charge in [0.2, 0.25) is 5.91 Å². The molecule has 5 N–H and O–H groups in total. The average Bonchev–Trinajstić information content (AvgIpc) is 2.18. The summed E-state index contributed by atoms with van der Waals surface area (Å²) in [7, 11) is 0. The van der Waals surface area contributed by atoms with E-state index in [0.717, 1.165) is 0 Å². The molecule has 1 saturated carbocycles. The van der Waals surface area contributed by atoms with Gasteiger partial charge in [0.15, 0.2) is 0 Å². The SMILES string of the molecule is CC(=O)N[C@H]1C(O)C[C@H](CO)[C@H](O)[C@@H]1O. The molecule has 6 heteroatoms. The van der Waals surface area contributed by atoms with Crippen molar-refractivity contribution in [3.63, 3.8) is 0 Å². The van der Waals surface area contributed by atoms with E-state index in [-0.39, 0.29) is 18.9 Å². The quantitative estimate of drug-likeness (QED) is 0.355. The summed E-state index contributed by atoms with van der Waals surface area (Å²) in [5.74, 6) is -0.937. The standard InChI is InChI=1S/C9H17NO5/c1-4(12)10-7-6(13)2-5(3-11)8(14)9(7)15/h5-9,11,13-15H,2-3H2,1H3,(H,10,12)/t5-,6?,7+,8+,9-/m1/s1. The molecule has 1 unspecified atom stereocenters. The molecule has 88 valence electrons. The van der Waals surface area contributed by atoms with Crippen LogP contribution in [0.4, 0.5) is 0 Å². The highest BCUT2D eigenvalue weighted by Gasteiger charge is 2.42. The minimum atomic E-state index is -1.25. The van der Waals surface area contributed by atoms with Crippen LogP contribution in [0.15, 0.2) is 0 Å². The molecule has 0 saturated heterocycles. The summed E-state index contributed by atoms with van der Waals surface area (Å²) in [5.41, 5.74) is 0. The summed E-state index contributed by atoms with van der Waals surface area (Å²) in [6.45, 7) is 0.964. The van der Waals surface area contributed by atoms with Crippen molar-refractivity contribution in [2.45, 2.75) is 37.7 Å². The lowest BCUT2D eigenvalue weighted by molar-refractivity contribution is -0.133. The van der Waals surface area contributed by atoms with Crippen molar-refractivity contribution in [3.05, 3.63) is 0 Å². The van der Waals surface area contributed by atoms with Gasteiger partial charge in [-0.15, -0.1) is 0 Å². The Morgan fingerprint density at radius 1 is 1.33 bits per heavy atom. The van der Waals surface area contributed by atoms with Crippen molar-refractivity contribution < 1.29 is 25.2 Å². The molecule has 1 fully saturated rings. The maximum absolute atomic E-state index is 10.8. The fourth-order valence-corrected chi connectivity index (χ4v) is 1.91. The second-order valence-corrected chi connectivity index (χ2v) is 3.95. The van der Waals surface area contributed by atoms with E-state index in [1.807, 2.05) is 0 Å². The van der Waals surface area contributed by atoms with E-state index in [2.05, 4.69) is 5.32 Å². The van der Waals surface area contributed by atoms with E-state index in [1.165, 1.54) is 6.92 Å². The van der Waals surface area contributed by atoms with Gasteiger partial charge in [-0.05, 0) is 6.42 Å². The molecular weight excluding hydrogens is 202 g/mol. The number of carbonyl (C=O) groups excluding carboxylic acids is 1. The van der Waals surface area contributed by atoms with Crippen LogP contribution >= 0.6 is 0 Å². The second-order valence-electron chi connectivity index (χ2n) is 3.95. The number of rotatable bonds is 2. The van der Waals surface area contributed by atoms with Gasteiger partial charge in [0.05, 0.1) is 18.2 Å². The fraction of sp³-hybridized carbons (Fsp3) is 0.889. The van der Waals surface area contributed by atoms with Gasteiger partial charge < -0.3 is 25.7 Å². The molecule has 1 rings (SSSR count). The third-order valence-electron chi connectivity index (χ3n) is 2.76. The molecule has 6 nitrogen and oxygen atoms in total. The largest absolute Gasteiger partial charge is 0.396 e. The van der Waals surface area contributed by atoms with Crippen LogP contribution in [0.25, 0.3) is 0 Å². The molecule has 0 aliphatic heterocycles. The first kappa shape index (κ1) is 12.4. The van der Waals surface area contributed by atoms with Gasteiger partial charge in [-0.1, -0.05) is 0 Å². The van der Waals surface area contributed by atoms with Crippen LogP contribution < -0.4 is 5.32 Å². The zero-order valence-corrected chi connectivity index (χ0v) is 8.50. The van der Waals surface area contributed by atoms with Crippen LogP contribution in [0, 0.1) is 5.92 Å². The molecule has 1 aliphatic carbocycles. The molecule has 1 aliphatic rings. The van der Waals surface area contributed by atoms with E-state index in [4.69, 9.17) is 5.11 Å². The summed E-state index contributed by atoms with van der Waals surface area (Å²) >= 11 is 0. The summed E-state index contributed by atoms with van der Waals surface area (Å²) < 4.78 is 0. The van der Waals surface area contributed by atoms with Gasteiger partial charge in [0.1, 0.15) is 6.10 Å². The van der Waals surface area contributed by atoms with Gasteiger partial charge in [0, 0.05) is 19.4 Å². The van der Waals surface area contributed by atoms with Crippen LogP contribution in [0.5, 0.6) is 0 Å². The predicted molar refractivity (Wildman–Crippen MR) is 50.8 cm³/mol. The molecule has 0 spiro atoms. The van der Waals surface area contributed by atoms with Crippen molar-refractivity contribution in [2.24, 2.45) is 5.92 Å². The van der Waals surface area contributed by atoms with Gasteiger partial charge in [-0.3, -0.25) is 4.79 Å². The maximum Gasteiger partial charge on any atom is 0.217 e. The van der Waals surface area contributed by atoms with Crippen molar-refractivity contribution in [1.29, 1.82) is 0 Å². The molecule has 0 bridgehead atoms. The summed E-state index contributed by atoms with van der Waals surface area (Å²) in [6, 6.07) is -0.875. The van der Waals surface area contributed by atoms with Crippen molar-refractivity contribution in [2.75, 3.05) is 6.61 Å². The number of aliphatic hydroxyl groups excluding tert-OH is 4. The topological polar surface area (TPSA) is 110 Å². The smallest absolute Gasteiger partial charge is 0.217 e. The lowest BCUT2D eigenvalue weighted by Crippen LogP contribution is -2.60. The van der Waals surface area contributed by atoms with E-state index in [9.17, 15) is 20.1 Å². The Morgan fingerprint density at radius 2 is 1.93 bits per heavy atom. The number of hydrogen-bond donors (Lipinski definition) is 5. The zero-order valence-electron chi connectivity index (χ0n) is 8.50. The average molecular weight is 219 g/mol. The highest BCUT2D eigenvalue weighted by atomic mass is 16.3. The second kappa shape index (κ2) is 4.89. The van der Waals surface area contributed by atoms with Gasteiger partial charge >= 0.3 is 0 Å². The predicted octanol–water partition coefficient (Wildman–Crippen LogP) is -2.41. The van der Waals surface area contributed by atoms with Crippen LogP contribution in [-0.4, -0.2) is 57.3 Å². The van der Waals surface area contributed by atoms with E-state index in [1.54, 1.807) is 0 Å². The molecule has 0 heterocycles. The fourth-order valence-electron chi connectivity index (χ4n) is 1.91. The molecule has 15 heavy (non-hydrogen) atoms. The maximum atomic E-state index is 10.8. The normalized spacial score (nSPS) is 41.3. The van der Waals surface area contributed by atoms with Crippen LogP contribution in [0.2, 0.25) is 0 Å². The minimum Gasteiger partial charge on any atom is -0.396 e. The third-order valence-corrected chi connectivity index (χ3v) is 2.76. The van der Waals surface area contributed by atoms with E-state index >= 15 is 0 Å². The highest BCUT2D eigenvalue weighted by Crippen LogP contribution is 2.25. The summed E-state index contributed by atoms with van der Waals surface area (Å²) in [6.07, 6.45) is -3.19. The van der Waals surface area contributed by atoms with Gasteiger partial charge in [-0.2, -0.15) is 0 Å². The first-order chi connectivity index (χ1) is 6.97. The van der Waals surface area contributed by atoms with Gasteiger partial charge in [0.25, 0.3) is 0 Å². The number of hydrogen-bond acceptors (Lipinski definition) is 5. The Balaban J connectivity index is 2.70. The third kappa shape index (κ3) is 2.66. The Labute approximate surface area is 87.5 Å². The van der Waals surface area contributed by atoms with Gasteiger partial charge in [-0.25, -0.2) is 0 Å². The highest BCUT2D eigenvalue weighted by molar-refractivity contribution is 5.73. The monoisotopic (exact) mass is 219 g/mol. The number of aliphatic hydroxyl groups is 4. The molecule has 0 aromatic heterocycles. The van der Waals surface area contributed by atoms with Crippen molar-refractivity contribution in [3.8, 4) is 0 Å². The zero-order chi connectivity index (χ0) is 11.6. The summed E-state index contributed by atoms with van der Waals surface area (Å²) in [4.78, 5) is 10.8. The first-order valence-corrected chi connectivity index (χ1v) is 4.89. The Kier molecular flexibility index (Phi) is 4.04.